The van der Waals surface area contributed by atoms with Gasteiger partial charge in [0.25, 0.3) is 5.91 Å². The van der Waals surface area contributed by atoms with Gasteiger partial charge in [-0.15, -0.1) is 10.2 Å². The average Bonchev–Trinajstić information content (AvgIpc) is 3.37. The summed E-state index contributed by atoms with van der Waals surface area (Å²) in [5.41, 5.74) is 0.400. The predicted octanol–water partition coefficient (Wildman–Crippen LogP) is 4.09. The number of hydrogen-bond acceptors (Lipinski definition) is 4. The number of rotatable bonds is 3. The molecule has 0 aliphatic carbocycles. The van der Waals surface area contributed by atoms with E-state index < -0.39 is 23.1 Å². The van der Waals surface area contributed by atoms with Crippen molar-refractivity contribution >= 4 is 11.6 Å². The molecule has 1 saturated heterocycles. The molecule has 1 fully saturated rings. The Morgan fingerprint density at radius 2 is 1.84 bits per heavy atom. The lowest BCUT2D eigenvalue weighted by atomic mass is 9.73. The lowest BCUT2D eigenvalue weighted by Gasteiger charge is -2.37. The Bertz CT molecular complexity index is 1180. The fraction of sp³-hybridized carbons (Fsp3) is 0.348. The van der Waals surface area contributed by atoms with Gasteiger partial charge in [-0.25, -0.2) is 0 Å². The molecule has 2 aliphatic heterocycles. The van der Waals surface area contributed by atoms with Crippen LogP contribution >= 0.6 is 0 Å². The first-order chi connectivity index (χ1) is 15.3. The van der Waals surface area contributed by atoms with Gasteiger partial charge in [0.1, 0.15) is 12.2 Å². The molecular weight excluding hydrogens is 421 g/mol. The second-order valence-corrected chi connectivity index (χ2v) is 8.23. The fourth-order valence-electron chi connectivity index (χ4n) is 4.86. The van der Waals surface area contributed by atoms with E-state index in [0.29, 0.717) is 31.7 Å². The summed E-state index contributed by atoms with van der Waals surface area (Å²) in [4.78, 5) is 14.4. The minimum atomic E-state index is -4.51. The third kappa shape index (κ3) is 3.19. The molecule has 0 saturated carbocycles. The molecule has 6 nitrogen and oxygen atoms in total. The quantitative estimate of drug-likeness (QED) is 0.613. The maximum Gasteiger partial charge on any atom is 0.416 e. The van der Waals surface area contributed by atoms with Gasteiger partial charge in [0.2, 0.25) is 0 Å². The molecule has 0 spiro atoms. The maximum absolute atomic E-state index is 13.5. The van der Waals surface area contributed by atoms with Gasteiger partial charge >= 0.3 is 6.18 Å². The van der Waals surface area contributed by atoms with Crippen molar-refractivity contribution in [2.45, 2.75) is 31.0 Å². The number of halogens is 3. The third-order valence-electron chi connectivity index (χ3n) is 6.47. The zero-order chi connectivity index (χ0) is 22.5. The molecule has 0 bridgehead atoms. The van der Waals surface area contributed by atoms with E-state index in [-0.39, 0.29) is 17.7 Å². The smallest absolute Gasteiger partial charge is 0.381 e. The van der Waals surface area contributed by atoms with E-state index in [9.17, 15) is 18.0 Å². The first-order valence-corrected chi connectivity index (χ1v) is 10.3. The molecule has 5 rings (SSSR count). The van der Waals surface area contributed by atoms with Gasteiger partial charge in [0, 0.05) is 31.5 Å². The highest BCUT2D eigenvalue weighted by Crippen LogP contribution is 2.43. The Morgan fingerprint density at radius 1 is 1.09 bits per heavy atom. The van der Waals surface area contributed by atoms with Crippen molar-refractivity contribution in [1.29, 1.82) is 0 Å². The highest BCUT2D eigenvalue weighted by atomic mass is 19.4. The van der Waals surface area contributed by atoms with E-state index in [4.69, 9.17) is 4.74 Å². The van der Waals surface area contributed by atoms with Gasteiger partial charge in [-0.1, -0.05) is 18.2 Å². The molecule has 2 aliphatic rings. The Hall–Kier alpha value is -3.20. The Balaban J connectivity index is 1.56. The monoisotopic (exact) mass is 442 g/mol. The predicted molar refractivity (Wildman–Crippen MR) is 110 cm³/mol. The summed E-state index contributed by atoms with van der Waals surface area (Å²) in [7, 11) is 1.88. The number of carbonyl (C=O) groups excluding carboxylic acids is 1. The number of fused-ring (bicyclic) bond motifs is 1. The topological polar surface area (TPSA) is 60.2 Å². The Labute approximate surface area is 182 Å². The van der Waals surface area contributed by atoms with Crippen molar-refractivity contribution in [2.75, 3.05) is 18.1 Å². The molecule has 1 amide bonds. The molecule has 1 aromatic heterocycles. The molecule has 166 valence electrons. The lowest BCUT2D eigenvalue weighted by Crippen LogP contribution is -2.37. The van der Waals surface area contributed by atoms with Crippen LogP contribution in [-0.2, 0) is 29.9 Å². The molecule has 2 aromatic carbocycles. The number of ether oxygens (including phenoxy) is 1. The van der Waals surface area contributed by atoms with Gasteiger partial charge < -0.3 is 14.2 Å². The van der Waals surface area contributed by atoms with Crippen molar-refractivity contribution in [2.24, 2.45) is 7.05 Å². The number of aromatic nitrogens is 3. The fourth-order valence-corrected chi connectivity index (χ4v) is 4.86. The number of hydrogen-bond donors (Lipinski definition) is 0. The van der Waals surface area contributed by atoms with E-state index in [1.54, 1.807) is 12.4 Å². The second-order valence-electron chi connectivity index (χ2n) is 8.23. The molecule has 0 atom stereocenters. The van der Waals surface area contributed by atoms with E-state index >= 15 is 0 Å². The number of aryl methyl sites for hydroxylation is 1. The first kappa shape index (κ1) is 20.7. The molecular formula is C23H21F3N4O2. The highest BCUT2D eigenvalue weighted by Gasteiger charge is 2.42. The van der Waals surface area contributed by atoms with Gasteiger partial charge in [0.05, 0.1) is 17.5 Å². The van der Waals surface area contributed by atoms with Gasteiger partial charge in [-0.05, 0) is 48.2 Å². The van der Waals surface area contributed by atoms with Crippen LogP contribution in [0.3, 0.4) is 0 Å². The Morgan fingerprint density at radius 3 is 2.53 bits per heavy atom. The minimum absolute atomic E-state index is 0.0180. The molecule has 0 unspecified atom stereocenters. The van der Waals surface area contributed by atoms with Crippen LogP contribution in [0.2, 0.25) is 0 Å². The van der Waals surface area contributed by atoms with Gasteiger partial charge in [-0.2, -0.15) is 13.2 Å². The summed E-state index contributed by atoms with van der Waals surface area (Å²) in [6.45, 7) is 0.994. The number of carbonyl (C=O) groups is 1. The van der Waals surface area contributed by atoms with Crippen LogP contribution in [0.1, 0.15) is 45.7 Å². The van der Waals surface area contributed by atoms with Crippen LogP contribution in [0, 0.1) is 0 Å². The molecule has 3 heterocycles. The third-order valence-corrected chi connectivity index (χ3v) is 6.47. The highest BCUT2D eigenvalue weighted by molar-refractivity contribution is 6.10. The van der Waals surface area contributed by atoms with Crippen LogP contribution in [0.25, 0.3) is 0 Å². The summed E-state index contributed by atoms with van der Waals surface area (Å²) in [5.74, 6) is 0.372. The van der Waals surface area contributed by atoms with Crippen molar-refractivity contribution in [3.05, 3.63) is 76.9 Å². The molecule has 0 N–H and O–H groups in total. The summed E-state index contributed by atoms with van der Waals surface area (Å²) >= 11 is 0. The largest absolute Gasteiger partial charge is 0.416 e. The number of nitrogens with zero attached hydrogens (tertiary/aromatic N) is 4. The van der Waals surface area contributed by atoms with Crippen LogP contribution in [0.4, 0.5) is 18.9 Å². The summed E-state index contributed by atoms with van der Waals surface area (Å²) in [5, 5.41) is 8.39. The minimum Gasteiger partial charge on any atom is -0.381 e. The first-order valence-electron chi connectivity index (χ1n) is 10.3. The van der Waals surface area contributed by atoms with E-state index in [2.05, 4.69) is 10.2 Å². The molecule has 9 heteroatoms. The number of alkyl halides is 3. The van der Waals surface area contributed by atoms with Crippen molar-refractivity contribution < 1.29 is 22.7 Å². The van der Waals surface area contributed by atoms with Crippen LogP contribution < -0.4 is 4.90 Å². The zero-order valence-electron chi connectivity index (χ0n) is 17.4. The summed E-state index contributed by atoms with van der Waals surface area (Å²) < 4.78 is 48.0. The van der Waals surface area contributed by atoms with Gasteiger partial charge in [0.15, 0.2) is 0 Å². The van der Waals surface area contributed by atoms with E-state index in [1.807, 2.05) is 29.8 Å². The average molecular weight is 442 g/mol. The van der Waals surface area contributed by atoms with Crippen molar-refractivity contribution in [3.63, 3.8) is 0 Å². The molecule has 0 radical (unpaired) electrons. The van der Waals surface area contributed by atoms with Crippen molar-refractivity contribution in [1.82, 2.24) is 14.8 Å². The van der Waals surface area contributed by atoms with Crippen molar-refractivity contribution in [3.8, 4) is 0 Å². The van der Waals surface area contributed by atoms with E-state index in [0.717, 1.165) is 17.5 Å². The SMILES string of the molecule is Cn1cnnc1C1(c2cccc(N3Cc4c(cccc4C(F)(F)F)C3=O)c2)CCOCC1. The molecule has 3 aromatic rings. The zero-order valence-corrected chi connectivity index (χ0v) is 17.4. The van der Waals surface area contributed by atoms with Gasteiger partial charge in [-0.3, -0.25) is 4.79 Å². The van der Waals surface area contributed by atoms with Crippen LogP contribution in [0.5, 0.6) is 0 Å². The summed E-state index contributed by atoms with van der Waals surface area (Å²) in [6.07, 6.45) is -1.48. The standard InChI is InChI=1S/C23H21F3N4O2/c1-29-14-27-28-21(29)22(8-10-32-11-9-22)15-4-2-5-16(12-15)30-13-18-17(20(30)31)6-3-7-19(18)23(24,25)26/h2-7,12,14H,8-11,13H2,1H3. The van der Waals surface area contributed by atoms with Crippen LogP contribution in [0.15, 0.2) is 48.8 Å². The number of benzene rings is 2. The second kappa shape index (κ2) is 7.44. The molecule has 32 heavy (non-hydrogen) atoms. The van der Waals surface area contributed by atoms with E-state index in [1.165, 1.54) is 17.0 Å². The number of anilines is 1. The summed E-state index contributed by atoms with van der Waals surface area (Å²) in [6, 6.07) is 11.2. The Kier molecular flexibility index (Phi) is 4.81. The lowest BCUT2D eigenvalue weighted by molar-refractivity contribution is -0.138. The number of amides is 1. The van der Waals surface area contributed by atoms with Crippen LogP contribution in [-0.4, -0.2) is 33.9 Å². The maximum atomic E-state index is 13.5. The normalized spacial score (nSPS) is 18.1.